The molecule has 4 nitrogen and oxygen atoms in total. The molecule has 0 spiro atoms. The van der Waals surface area contributed by atoms with Gasteiger partial charge in [0, 0.05) is 24.7 Å². The number of halogens is 2. The van der Waals surface area contributed by atoms with E-state index in [9.17, 15) is 4.79 Å². The van der Waals surface area contributed by atoms with E-state index in [1.165, 1.54) is 6.07 Å². The zero-order valence-corrected chi connectivity index (χ0v) is 13.8. The summed E-state index contributed by atoms with van der Waals surface area (Å²) in [5.41, 5.74) is 2.18. The molecule has 1 fully saturated rings. The van der Waals surface area contributed by atoms with Crippen molar-refractivity contribution in [2.24, 2.45) is 0 Å². The predicted molar refractivity (Wildman–Crippen MR) is 92.8 cm³/mol. The fourth-order valence-corrected chi connectivity index (χ4v) is 3.26. The summed E-state index contributed by atoms with van der Waals surface area (Å²) in [7, 11) is 0. The maximum absolute atomic E-state index is 11.1. The largest absolute Gasteiger partial charge is 0.478 e. The third-order valence-electron chi connectivity index (χ3n) is 4.00. The minimum atomic E-state index is -0.979. The van der Waals surface area contributed by atoms with Crippen LogP contribution in [0.4, 0.5) is 5.69 Å². The number of rotatable bonds is 3. The number of hydrogen-bond donors (Lipinski definition) is 2. The van der Waals surface area contributed by atoms with Gasteiger partial charge in [0.05, 0.1) is 22.3 Å². The summed E-state index contributed by atoms with van der Waals surface area (Å²) in [5, 5.41) is 13.6. The lowest BCUT2D eigenvalue weighted by molar-refractivity contribution is 0.0697. The fourth-order valence-electron chi connectivity index (χ4n) is 2.85. The van der Waals surface area contributed by atoms with Crippen LogP contribution in [0.1, 0.15) is 22.0 Å². The molecule has 1 saturated heterocycles. The van der Waals surface area contributed by atoms with Crippen LogP contribution in [0.25, 0.3) is 0 Å². The zero-order valence-electron chi connectivity index (χ0n) is 12.3. The summed E-state index contributed by atoms with van der Waals surface area (Å²) in [4.78, 5) is 13.3. The second-order valence-electron chi connectivity index (χ2n) is 5.44. The van der Waals surface area contributed by atoms with Crippen molar-refractivity contribution in [1.29, 1.82) is 0 Å². The van der Waals surface area contributed by atoms with Gasteiger partial charge in [0.1, 0.15) is 0 Å². The molecule has 1 aliphatic heterocycles. The van der Waals surface area contributed by atoms with E-state index in [1.807, 2.05) is 24.3 Å². The number of carboxylic acids is 1. The van der Waals surface area contributed by atoms with Crippen molar-refractivity contribution in [3.05, 3.63) is 63.6 Å². The van der Waals surface area contributed by atoms with Crippen molar-refractivity contribution in [2.45, 2.75) is 6.04 Å². The SMILES string of the molecule is O=C(O)c1ccc(N2CCNC[C@H]2c2ccc(Cl)cc2)c(Cl)c1. The van der Waals surface area contributed by atoms with Crippen molar-refractivity contribution in [3.8, 4) is 0 Å². The first-order chi connectivity index (χ1) is 11.1. The molecule has 1 aliphatic rings. The molecular formula is C17H16Cl2N2O2. The van der Waals surface area contributed by atoms with Gasteiger partial charge in [-0.2, -0.15) is 0 Å². The van der Waals surface area contributed by atoms with E-state index < -0.39 is 5.97 Å². The van der Waals surface area contributed by atoms with Crippen LogP contribution in [0, 0.1) is 0 Å². The van der Waals surface area contributed by atoms with E-state index in [-0.39, 0.29) is 11.6 Å². The van der Waals surface area contributed by atoms with Gasteiger partial charge in [0.15, 0.2) is 0 Å². The highest BCUT2D eigenvalue weighted by Gasteiger charge is 2.25. The summed E-state index contributed by atoms with van der Waals surface area (Å²) < 4.78 is 0. The molecule has 0 radical (unpaired) electrons. The molecule has 2 aromatic carbocycles. The number of anilines is 1. The highest BCUT2D eigenvalue weighted by molar-refractivity contribution is 6.33. The Bertz CT molecular complexity index is 719. The molecule has 1 atom stereocenters. The van der Waals surface area contributed by atoms with Crippen LogP contribution in [-0.2, 0) is 0 Å². The number of benzene rings is 2. The minimum Gasteiger partial charge on any atom is -0.478 e. The Balaban J connectivity index is 1.95. The van der Waals surface area contributed by atoms with Crippen LogP contribution in [0.5, 0.6) is 0 Å². The summed E-state index contributed by atoms with van der Waals surface area (Å²) in [6.45, 7) is 2.43. The maximum atomic E-state index is 11.1. The van der Waals surface area contributed by atoms with E-state index in [0.29, 0.717) is 10.0 Å². The molecule has 2 N–H and O–H groups in total. The quantitative estimate of drug-likeness (QED) is 0.882. The van der Waals surface area contributed by atoms with Gasteiger partial charge in [0.2, 0.25) is 0 Å². The zero-order chi connectivity index (χ0) is 16.4. The molecule has 0 aromatic heterocycles. The first-order valence-electron chi connectivity index (χ1n) is 7.32. The third-order valence-corrected chi connectivity index (χ3v) is 4.56. The van der Waals surface area contributed by atoms with Crippen LogP contribution in [0.3, 0.4) is 0 Å². The standard InChI is InChI=1S/C17H16Cl2N2O2/c18-13-4-1-11(2-5-13)16-10-20-7-8-21(16)15-6-3-12(17(22)23)9-14(15)19/h1-6,9,16,20H,7-8,10H2,(H,22,23)/t16-/m0/s1. The van der Waals surface area contributed by atoms with E-state index in [0.717, 1.165) is 30.9 Å². The molecule has 3 rings (SSSR count). The van der Waals surface area contributed by atoms with Gasteiger partial charge in [-0.15, -0.1) is 0 Å². The van der Waals surface area contributed by atoms with Crippen molar-refractivity contribution in [3.63, 3.8) is 0 Å². The second kappa shape index (κ2) is 6.79. The number of piperazine rings is 1. The van der Waals surface area contributed by atoms with Gasteiger partial charge in [0.25, 0.3) is 0 Å². The molecule has 120 valence electrons. The van der Waals surface area contributed by atoms with Crippen molar-refractivity contribution in [2.75, 3.05) is 24.5 Å². The third kappa shape index (κ3) is 3.44. The van der Waals surface area contributed by atoms with E-state index in [1.54, 1.807) is 12.1 Å². The average molecular weight is 351 g/mol. The lowest BCUT2D eigenvalue weighted by Gasteiger charge is -2.38. The highest BCUT2D eigenvalue weighted by atomic mass is 35.5. The Morgan fingerprint density at radius 3 is 2.57 bits per heavy atom. The van der Waals surface area contributed by atoms with Crippen LogP contribution < -0.4 is 10.2 Å². The topological polar surface area (TPSA) is 52.6 Å². The molecule has 6 heteroatoms. The van der Waals surface area contributed by atoms with Crippen LogP contribution in [0.15, 0.2) is 42.5 Å². The molecule has 2 aromatic rings. The summed E-state index contributed by atoms with van der Waals surface area (Å²) >= 11 is 12.3. The first-order valence-corrected chi connectivity index (χ1v) is 8.07. The van der Waals surface area contributed by atoms with Gasteiger partial charge < -0.3 is 15.3 Å². The Morgan fingerprint density at radius 2 is 1.91 bits per heavy atom. The smallest absolute Gasteiger partial charge is 0.335 e. The second-order valence-corrected chi connectivity index (χ2v) is 6.28. The molecule has 0 aliphatic carbocycles. The summed E-state index contributed by atoms with van der Waals surface area (Å²) in [6, 6.07) is 12.7. The summed E-state index contributed by atoms with van der Waals surface area (Å²) in [6.07, 6.45) is 0. The molecule has 0 saturated carbocycles. The average Bonchev–Trinajstić information content (AvgIpc) is 2.55. The van der Waals surface area contributed by atoms with Gasteiger partial charge in [-0.25, -0.2) is 4.79 Å². The summed E-state index contributed by atoms with van der Waals surface area (Å²) in [5.74, 6) is -0.979. The van der Waals surface area contributed by atoms with Crippen molar-refractivity contribution in [1.82, 2.24) is 5.32 Å². The molecule has 1 heterocycles. The Hall–Kier alpha value is -1.75. The van der Waals surface area contributed by atoms with Crippen LogP contribution in [-0.4, -0.2) is 30.7 Å². The van der Waals surface area contributed by atoms with Gasteiger partial charge >= 0.3 is 5.97 Å². The maximum Gasteiger partial charge on any atom is 0.335 e. The monoisotopic (exact) mass is 350 g/mol. The number of aromatic carboxylic acids is 1. The van der Waals surface area contributed by atoms with E-state index >= 15 is 0 Å². The van der Waals surface area contributed by atoms with E-state index in [4.69, 9.17) is 28.3 Å². The molecule has 0 bridgehead atoms. The van der Waals surface area contributed by atoms with Gasteiger partial charge in [-0.1, -0.05) is 35.3 Å². The molecule has 23 heavy (non-hydrogen) atoms. The Labute approximate surface area is 144 Å². The van der Waals surface area contributed by atoms with Crippen molar-refractivity contribution < 1.29 is 9.90 Å². The van der Waals surface area contributed by atoms with E-state index in [2.05, 4.69) is 10.2 Å². The highest BCUT2D eigenvalue weighted by Crippen LogP contribution is 2.34. The lowest BCUT2D eigenvalue weighted by atomic mass is 10.0. The molecule has 0 unspecified atom stereocenters. The van der Waals surface area contributed by atoms with Crippen LogP contribution >= 0.6 is 23.2 Å². The minimum absolute atomic E-state index is 0.120. The number of hydrogen-bond acceptors (Lipinski definition) is 3. The number of nitrogens with one attached hydrogen (secondary N) is 1. The lowest BCUT2D eigenvalue weighted by Crippen LogP contribution is -2.46. The van der Waals surface area contributed by atoms with Crippen LogP contribution in [0.2, 0.25) is 10.0 Å². The normalized spacial score (nSPS) is 18.0. The number of carboxylic acid groups (broad SMARTS) is 1. The number of carbonyl (C=O) groups is 1. The predicted octanol–water partition coefficient (Wildman–Crippen LogP) is 3.84. The van der Waals surface area contributed by atoms with Gasteiger partial charge in [-0.3, -0.25) is 0 Å². The van der Waals surface area contributed by atoms with Crippen molar-refractivity contribution >= 4 is 34.9 Å². The van der Waals surface area contributed by atoms with Gasteiger partial charge in [-0.05, 0) is 35.9 Å². The fraction of sp³-hybridized carbons (Fsp3) is 0.235. The first kappa shape index (κ1) is 16.1. The number of nitrogens with zero attached hydrogens (tertiary/aromatic N) is 1. The molecule has 0 amide bonds. The Kier molecular flexibility index (Phi) is 4.76. The Morgan fingerprint density at radius 1 is 1.17 bits per heavy atom. The molecular weight excluding hydrogens is 335 g/mol.